The molecule has 2 atom stereocenters. The Morgan fingerprint density at radius 2 is 2.04 bits per heavy atom. The monoisotopic (exact) mass is 374 g/mol. The summed E-state index contributed by atoms with van der Waals surface area (Å²) in [4.78, 5) is 28.0. The first-order chi connectivity index (χ1) is 13.0. The number of hydrogen-bond acceptors (Lipinski definition) is 4. The molecule has 1 aromatic carbocycles. The average Bonchev–Trinajstić information content (AvgIpc) is 2.68. The van der Waals surface area contributed by atoms with Crippen LogP contribution in [0.15, 0.2) is 24.3 Å². The van der Waals surface area contributed by atoms with Crippen LogP contribution in [0.3, 0.4) is 0 Å². The van der Waals surface area contributed by atoms with Crippen molar-refractivity contribution in [2.75, 3.05) is 38.2 Å². The average molecular weight is 374 g/mol. The molecule has 2 fully saturated rings. The minimum atomic E-state index is -0.288. The van der Waals surface area contributed by atoms with E-state index in [-0.39, 0.29) is 23.9 Å². The van der Waals surface area contributed by atoms with Gasteiger partial charge in [-0.15, -0.1) is 0 Å². The van der Waals surface area contributed by atoms with Gasteiger partial charge in [-0.3, -0.25) is 4.79 Å². The van der Waals surface area contributed by atoms with E-state index >= 15 is 0 Å². The van der Waals surface area contributed by atoms with Crippen molar-refractivity contribution in [2.24, 2.45) is 11.7 Å². The number of amides is 3. The zero-order chi connectivity index (χ0) is 19.2. The van der Waals surface area contributed by atoms with E-state index in [1.165, 1.54) is 0 Å². The van der Waals surface area contributed by atoms with E-state index in [9.17, 15) is 9.59 Å². The summed E-state index contributed by atoms with van der Waals surface area (Å²) in [6.07, 6.45) is 4.25. The van der Waals surface area contributed by atoms with Crippen molar-refractivity contribution in [1.29, 1.82) is 0 Å². The van der Waals surface area contributed by atoms with Gasteiger partial charge in [0.05, 0.1) is 7.11 Å². The fourth-order valence-corrected chi connectivity index (χ4v) is 4.10. The summed E-state index contributed by atoms with van der Waals surface area (Å²) in [6, 6.07) is 8.12. The predicted octanol–water partition coefficient (Wildman–Crippen LogP) is 1.96. The van der Waals surface area contributed by atoms with Crippen molar-refractivity contribution in [1.82, 2.24) is 10.2 Å². The molecule has 0 aliphatic carbocycles. The SMILES string of the molecule is COc1cccc(N2CCCC(NC(=O)N3CCCC(CC(N)=O)C3)C2)c1. The Hall–Kier alpha value is -2.44. The molecule has 0 bridgehead atoms. The number of carbonyl (C=O) groups excluding carboxylic acids is 2. The number of rotatable bonds is 5. The van der Waals surface area contributed by atoms with Crippen LogP contribution in [0.5, 0.6) is 5.75 Å². The molecular formula is C20H30N4O3. The molecule has 7 heteroatoms. The van der Waals surface area contributed by atoms with Crippen molar-refractivity contribution in [2.45, 2.75) is 38.1 Å². The normalized spacial score (nSPS) is 23.0. The van der Waals surface area contributed by atoms with Crippen LogP contribution in [0.4, 0.5) is 10.5 Å². The van der Waals surface area contributed by atoms with Crippen LogP contribution in [0.25, 0.3) is 0 Å². The fourth-order valence-electron chi connectivity index (χ4n) is 4.10. The van der Waals surface area contributed by atoms with Gasteiger partial charge in [-0.25, -0.2) is 4.79 Å². The van der Waals surface area contributed by atoms with Crippen molar-refractivity contribution < 1.29 is 14.3 Å². The summed E-state index contributed by atoms with van der Waals surface area (Å²) in [5, 5.41) is 3.19. The zero-order valence-electron chi connectivity index (χ0n) is 16.0. The topological polar surface area (TPSA) is 87.9 Å². The third kappa shape index (κ3) is 5.28. The molecule has 0 spiro atoms. The molecule has 1 aromatic rings. The van der Waals surface area contributed by atoms with E-state index in [4.69, 9.17) is 10.5 Å². The van der Waals surface area contributed by atoms with E-state index in [0.29, 0.717) is 13.0 Å². The Bertz CT molecular complexity index is 666. The third-order valence-electron chi connectivity index (χ3n) is 5.46. The molecule has 0 aromatic heterocycles. The maximum atomic E-state index is 12.7. The van der Waals surface area contributed by atoms with Gasteiger partial charge in [-0.05, 0) is 43.7 Å². The highest BCUT2D eigenvalue weighted by atomic mass is 16.5. The van der Waals surface area contributed by atoms with Crippen molar-refractivity contribution in [3.8, 4) is 5.75 Å². The Morgan fingerprint density at radius 1 is 1.22 bits per heavy atom. The lowest BCUT2D eigenvalue weighted by atomic mass is 9.95. The summed E-state index contributed by atoms with van der Waals surface area (Å²) in [7, 11) is 1.67. The van der Waals surface area contributed by atoms with Gasteiger partial charge in [-0.1, -0.05) is 6.07 Å². The number of likely N-dealkylation sites (tertiary alicyclic amines) is 1. The van der Waals surface area contributed by atoms with Gasteiger partial charge in [0, 0.05) is 50.4 Å². The minimum absolute atomic E-state index is 0.0262. The second-order valence-electron chi connectivity index (χ2n) is 7.56. The van der Waals surface area contributed by atoms with E-state index < -0.39 is 0 Å². The van der Waals surface area contributed by atoms with Gasteiger partial charge in [-0.2, -0.15) is 0 Å². The minimum Gasteiger partial charge on any atom is -0.497 e. The lowest BCUT2D eigenvalue weighted by Crippen LogP contribution is -2.53. The Balaban J connectivity index is 1.55. The van der Waals surface area contributed by atoms with Gasteiger partial charge >= 0.3 is 6.03 Å². The van der Waals surface area contributed by atoms with Crippen LogP contribution in [-0.2, 0) is 4.79 Å². The molecule has 2 aliphatic rings. The number of piperidine rings is 2. The largest absolute Gasteiger partial charge is 0.497 e. The molecule has 148 valence electrons. The number of benzene rings is 1. The third-order valence-corrected chi connectivity index (χ3v) is 5.46. The molecule has 2 aliphatic heterocycles. The maximum Gasteiger partial charge on any atom is 0.317 e. The molecule has 27 heavy (non-hydrogen) atoms. The first-order valence-corrected chi connectivity index (χ1v) is 9.78. The number of nitrogens with two attached hydrogens (primary N) is 1. The van der Waals surface area contributed by atoms with Crippen molar-refractivity contribution >= 4 is 17.6 Å². The van der Waals surface area contributed by atoms with E-state index in [2.05, 4.69) is 16.3 Å². The molecule has 3 amide bonds. The molecule has 0 saturated carbocycles. The van der Waals surface area contributed by atoms with Gasteiger partial charge in [0.1, 0.15) is 5.75 Å². The van der Waals surface area contributed by atoms with E-state index in [1.54, 1.807) is 7.11 Å². The molecule has 3 N–H and O–H groups in total. The number of urea groups is 1. The lowest BCUT2D eigenvalue weighted by molar-refractivity contribution is -0.119. The number of methoxy groups -OCH3 is 1. The molecule has 2 saturated heterocycles. The van der Waals surface area contributed by atoms with Gasteiger partial charge in [0.15, 0.2) is 0 Å². The number of ether oxygens (including phenoxy) is 1. The van der Waals surface area contributed by atoms with Crippen LogP contribution in [-0.4, -0.2) is 56.2 Å². The van der Waals surface area contributed by atoms with Crippen LogP contribution in [0.1, 0.15) is 32.1 Å². The number of anilines is 1. The number of primary amides is 1. The summed E-state index contributed by atoms with van der Waals surface area (Å²) >= 11 is 0. The highest BCUT2D eigenvalue weighted by molar-refractivity contribution is 5.76. The molecule has 2 unspecified atom stereocenters. The first kappa shape index (κ1) is 19.3. The highest BCUT2D eigenvalue weighted by Crippen LogP contribution is 2.25. The number of nitrogens with one attached hydrogen (secondary N) is 1. The Morgan fingerprint density at radius 3 is 2.81 bits per heavy atom. The molecule has 0 radical (unpaired) electrons. The fraction of sp³-hybridized carbons (Fsp3) is 0.600. The number of carbonyl (C=O) groups is 2. The highest BCUT2D eigenvalue weighted by Gasteiger charge is 2.28. The number of nitrogens with zero attached hydrogens (tertiary/aromatic N) is 2. The molecule has 7 nitrogen and oxygen atoms in total. The first-order valence-electron chi connectivity index (χ1n) is 9.78. The van der Waals surface area contributed by atoms with Gasteiger partial charge in [0.2, 0.25) is 5.91 Å². The van der Waals surface area contributed by atoms with E-state index in [0.717, 1.165) is 56.8 Å². The summed E-state index contributed by atoms with van der Waals surface area (Å²) < 4.78 is 5.32. The Kier molecular flexibility index (Phi) is 6.42. The molecule has 2 heterocycles. The smallest absolute Gasteiger partial charge is 0.317 e. The Labute approximate surface area is 160 Å². The molecular weight excluding hydrogens is 344 g/mol. The van der Waals surface area contributed by atoms with Crippen molar-refractivity contribution in [3.63, 3.8) is 0 Å². The molecule has 3 rings (SSSR count). The quantitative estimate of drug-likeness (QED) is 0.825. The van der Waals surface area contributed by atoms with Crippen LogP contribution < -0.4 is 20.7 Å². The van der Waals surface area contributed by atoms with Crippen LogP contribution in [0.2, 0.25) is 0 Å². The standard InChI is InChI=1S/C20H30N4O3/c1-27-18-8-2-7-17(12-18)23-9-4-6-16(14-23)22-20(26)24-10-3-5-15(13-24)11-19(21)25/h2,7-8,12,15-16H,3-6,9-11,13-14H2,1H3,(H2,21,25)(H,22,26). The summed E-state index contributed by atoms with van der Waals surface area (Å²) in [5.41, 5.74) is 6.43. The van der Waals surface area contributed by atoms with Crippen LogP contribution >= 0.6 is 0 Å². The van der Waals surface area contributed by atoms with Gasteiger partial charge < -0.3 is 25.6 Å². The van der Waals surface area contributed by atoms with E-state index in [1.807, 2.05) is 23.1 Å². The van der Waals surface area contributed by atoms with Gasteiger partial charge in [0.25, 0.3) is 0 Å². The summed E-state index contributed by atoms with van der Waals surface area (Å²) in [6.45, 7) is 3.12. The zero-order valence-corrected chi connectivity index (χ0v) is 16.0. The summed E-state index contributed by atoms with van der Waals surface area (Å²) in [5.74, 6) is 0.734. The van der Waals surface area contributed by atoms with Crippen LogP contribution in [0, 0.1) is 5.92 Å². The van der Waals surface area contributed by atoms with Crippen molar-refractivity contribution in [3.05, 3.63) is 24.3 Å². The predicted molar refractivity (Wildman–Crippen MR) is 105 cm³/mol. The maximum absolute atomic E-state index is 12.7. The second-order valence-corrected chi connectivity index (χ2v) is 7.56. The lowest BCUT2D eigenvalue weighted by Gasteiger charge is -2.37. The second kappa shape index (κ2) is 8.97. The number of hydrogen-bond donors (Lipinski definition) is 2.